The SMILES string of the molecule is O=C(O)c1cccc(-n2nc(-c3cccnc3)c3c2NCC3)c1. The average Bonchev–Trinajstić information content (AvgIpc) is 3.18. The van der Waals surface area contributed by atoms with Crippen molar-refractivity contribution < 1.29 is 9.90 Å². The van der Waals surface area contributed by atoms with Gasteiger partial charge in [-0.1, -0.05) is 6.07 Å². The summed E-state index contributed by atoms with van der Waals surface area (Å²) in [6.45, 7) is 0.846. The average molecular weight is 306 g/mol. The summed E-state index contributed by atoms with van der Waals surface area (Å²) in [6.07, 6.45) is 4.41. The van der Waals surface area contributed by atoms with E-state index in [0.29, 0.717) is 0 Å². The quantitative estimate of drug-likeness (QED) is 0.777. The summed E-state index contributed by atoms with van der Waals surface area (Å²) in [4.78, 5) is 15.3. The molecule has 4 rings (SSSR count). The topological polar surface area (TPSA) is 80.0 Å². The van der Waals surface area contributed by atoms with E-state index < -0.39 is 5.97 Å². The van der Waals surface area contributed by atoms with Crippen molar-refractivity contribution in [2.45, 2.75) is 6.42 Å². The van der Waals surface area contributed by atoms with Crippen LogP contribution in [-0.2, 0) is 6.42 Å². The zero-order valence-corrected chi connectivity index (χ0v) is 12.2. The van der Waals surface area contributed by atoms with E-state index in [1.54, 1.807) is 35.3 Å². The number of hydrogen-bond donors (Lipinski definition) is 2. The maximum Gasteiger partial charge on any atom is 0.335 e. The zero-order chi connectivity index (χ0) is 15.8. The molecular weight excluding hydrogens is 292 g/mol. The fraction of sp³-hybridized carbons (Fsp3) is 0.118. The highest BCUT2D eigenvalue weighted by Crippen LogP contribution is 2.34. The minimum Gasteiger partial charge on any atom is -0.478 e. The first-order valence-corrected chi connectivity index (χ1v) is 7.34. The molecule has 1 aliphatic rings. The molecule has 6 heteroatoms. The molecule has 0 radical (unpaired) electrons. The van der Waals surface area contributed by atoms with E-state index in [1.807, 2.05) is 18.2 Å². The van der Waals surface area contributed by atoms with Gasteiger partial charge in [-0.05, 0) is 36.8 Å². The van der Waals surface area contributed by atoms with Gasteiger partial charge in [0.1, 0.15) is 5.82 Å². The Morgan fingerprint density at radius 3 is 2.96 bits per heavy atom. The maximum absolute atomic E-state index is 11.2. The second kappa shape index (κ2) is 5.24. The van der Waals surface area contributed by atoms with Gasteiger partial charge in [0.2, 0.25) is 0 Å². The number of fused-ring (bicyclic) bond motifs is 1. The Morgan fingerprint density at radius 1 is 1.26 bits per heavy atom. The fourth-order valence-corrected chi connectivity index (χ4v) is 2.87. The van der Waals surface area contributed by atoms with E-state index in [1.165, 1.54) is 0 Å². The lowest BCUT2D eigenvalue weighted by molar-refractivity contribution is 0.0697. The van der Waals surface area contributed by atoms with Crippen LogP contribution in [0.2, 0.25) is 0 Å². The van der Waals surface area contributed by atoms with Crippen molar-refractivity contribution in [3.63, 3.8) is 0 Å². The minimum absolute atomic E-state index is 0.243. The van der Waals surface area contributed by atoms with Crippen LogP contribution in [0.15, 0.2) is 48.8 Å². The monoisotopic (exact) mass is 306 g/mol. The first kappa shape index (κ1) is 13.5. The third-order valence-corrected chi connectivity index (χ3v) is 3.92. The highest BCUT2D eigenvalue weighted by atomic mass is 16.4. The second-order valence-corrected chi connectivity index (χ2v) is 5.36. The lowest BCUT2D eigenvalue weighted by Gasteiger charge is -2.07. The Labute approximate surface area is 132 Å². The minimum atomic E-state index is -0.948. The summed E-state index contributed by atoms with van der Waals surface area (Å²) < 4.78 is 1.77. The summed E-state index contributed by atoms with van der Waals surface area (Å²) >= 11 is 0. The van der Waals surface area contributed by atoms with Gasteiger partial charge in [-0.25, -0.2) is 9.48 Å². The Kier molecular flexibility index (Phi) is 3.08. The highest BCUT2D eigenvalue weighted by molar-refractivity contribution is 5.88. The van der Waals surface area contributed by atoms with Gasteiger partial charge in [0.15, 0.2) is 0 Å². The lowest BCUT2D eigenvalue weighted by Crippen LogP contribution is -2.05. The number of pyridine rings is 1. The molecule has 0 bridgehead atoms. The van der Waals surface area contributed by atoms with Crippen molar-refractivity contribution in [1.82, 2.24) is 14.8 Å². The van der Waals surface area contributed by atoms with Crippen molar-refractivity contribution in [3.8, 4) is 16.9 Å². The molecule has 6 nitrogen and oxygen atoms in total. The molecule has 2 N–H and O–H groups in total. The Balaban J connectivity index is 1.88. The molecule has 1 aliphatic heterocycles. The Morgan fingerprint density at radius 2 is 2.17 bits per heavy atom. The number of carbonyl (C=O) groups is 1. The van der Waals surface area contributed by atoms with Crippen molar-refractivity contribution in [1.29, 1.82) is 0 Å². The summed E-state index contributed by atoms with van der Waals surface area (Å²) in [5.74, 6) is -0.0255. The van der Waals surface area contributed by atoms with Crippen molar-refractivity contribution in [3.05, 3.63) is 59.9 Å². The number of aromatic nitrogens is 3. The largest absolute Gasteiger partial charge is 0.478 e. The molecule has 0 spiro atoms. The van der Waals surface area contributed by atoms with Gasteiger partial charge in [-0.2, -0.15) is 5.10 Å². The van der Waals surface area contributed by atoms with E-state index >= 15 is 0 Å². The van der Waals surface area contributed by atoms with Crippen molar-refractivity contribution in [2.24, 2.45) is 0 Å². The van der Waals surface area contributed by atoms with Gasteiger partial charge in [0.25, 0.3) is 0 Å². The van der Waals surface area contributed by atoms with Gasteiger partial charge >= 0.3 is 5.97 Å². The standard InChI is InChI=1S/C17H14N4O2/c22-17(23)11-3-1-5-13(9-11)21-16-14(6-8-19-16)15(20-21)12-4-2-7-18-10-12/h1-5,7,9-10,19H,6,8H2,(H,22,23). The summed E-state index contributed by atoms with van der Waals surface area (Å²) in [6, 6.07) is 10.6. The molecule has 23 heavy (non-hydrogen) atoms. The van der Waals surface area contributed by atoms with E-state index in [2.05, 4.69) is 10.3 Å². The normalized spacial score (nSPS) is 12.7. The highest BCUT2D eigenvalue weighted by Gasteiger charge is 2.24. The molecule has 0 amide bonds. The van der Waals surface area contributed by atoms with Gasteiger partial charge in [-0.3, -0.25) is 4.98 Å². The smallest absolute Gasteiger partial charge is 0.335 e. The predicted octanol–water partition coefficient (Wildman–Crippen LogP) is 2.60. The van der Waals surface area contributed by atoms with E-state index in [4.69, 9.17) is 5.10 Å². The number of nitrogens with one attached hydrogen (secondary N) is 1. The van der Waals surface area contributed by atoms with Gasteiger partial charge < -0.3 is 10.4 Å². The summed E-state index contributed by atoms with van der Waals surface area (Å²) in [7, 11) is 0. The van der Waals surface area contributed by atoms with Crippen LogP contribution in [0.4, 0.5) is 5.82 Å². The maximum atomic E-state index is 11.2. The fourth-order valence-electron chi connectivity index (χ4n) is 2.87. The molecule has 3 heterocycles. The number of hydrogen-bond acceptors (Lipinski definition) is 4. The first-order chi connectivity index (χ1) is 11.2. The van der Waals surface area contributed by atoms with Crippen LogP contribution in [0, 0.1) is 0 Å². The molecular formula is C17H14N4O2. The third-order valence-electron chi connectivity index (χ3n) is 3.92. The second-order valence-electron chi connectivity index (χ2n) is 5.36. The summed E-state index contributed by atoms with van der Waals surface area (Å²) in [5.41, 5.74) is 3.96. The molecule has 1 aromatic carbocycles. The van der Waals surface area contributed by atoms with Crippen LogP contribution in [0.3, 0.4) is 0 Å². The number of aromatic carboxylic acids is 1. The number of carboxylic acid groups (broad SMARTS) is 1. The van der Waals surface area contributed by atoms with E-state index in [9.17, 15) is 9.90 Å². The molecule has 0 unspecified atom stereocenters. The van der Waals surface area contributed by atoms with Crippen LogP contribution in [0.5, 0.6) is 0 Å². The number of rotatable bonds is 3. The molecule has 2 aromatic heterocycles. The van der Waals surface area contributed by atoms with Gasteiger partial charge in [0.05, 0.1) is 16.9 Å². The van der Waals surface area contributed by atoms with Crippen molar-refractivity contribution in [2.75, 3.05) is 11.9 Å². The van der Waals surface area contributed by atoms with Crippen LogP contribution >= 0.6 is 0 Å². The van der Waals surface area contributed by atoms with E-state index in [0.717, 1.165) is 41.3 Å². The molecule has 0 aliphatic carbocycles. The Bertz CT molecular complexity index is 887. The Hall–Kier alpha value is -3.15. The molecule has 114 valence electrons. The molecule has 0 fully saturated rings. The molecule has 0 atom stereocenters. The number of nitrogens with zero attached hydrogens (tertiary/aromatic N) is 3. The third kappa shape index (κ3) is 2.24. The van der Waals surface area contributed by atoms with Crippen LogP contribution in [0.1, 0.15) is 15.9 Å². The van der Waals surface area contributed by atoms with Gasteiger partial charge in [-0.15, -0.1) is 0 Å². The zero-order valence-electron chi connectivity index (χ0n) is 12.2. The number of anilines is 1. The molecule has 0 saturated heterocycles. The predicted molar refractivity (Wildman–Crippen MR) is 85.9 cm³/mol. The van der Waals surface area contributed by atoms with Crippen molar-refractivity contribution >= 4 is 11.8 Å². The van der Waals surface area contributed by atoms with E-state index in [-0.39, 0.29) is 5.56 Å². The van der Waals surface area contributed by atoms with Crippen LogP contribution in [-0.4, -0.2) is 32.4 Å². The number of benzene rings is 1. The molecule has 0 saturated carbocycles. The lowest BCUT2D eigenvalue weighted by atomic mass is 10.1. The van der Waals surface area contributed by atoms with Crippen LogP contribution < -0.4 is 5.32 Å². The number of carboxylic acids is 1. The first-order valence-electron chi connectivity index (χ1n) is 7.34. The summed E-state index contributed by atoms with van der Waals surface area (Å²) in [5, 5.41) is 17.2. The molecule has 3 aromatic rings. The van der Waals surface area contributed by atoms with Crippen LogP contribution in [0.25, 0.3) is 16.9 Å². The van der Waals surface area contributed by atoms with Gasteiger partial charge in [0, 0.05) is 30.1 Å².